The third-order valence-electron chi connectivity index (χ3n) is 5.54. The van der Waals surface area contributed by atoms with Crippen LogP contribution in [0.1, 0.15) is 103 Å². The lowest BCUT2D eigenvalue weighted by Gasteiger charge is -2.17. The molecule has 0 amide bonds. The van der Waals surface area contributed by atoms with E-state index < -0.39 is 5.97 Å². The van der Waals surface area contributed by atoms with Gasteiger partial charge in [-0.1, -0.05) is 57.6 Å². The monoisotopic (exact) mass is 350 g/mol. The van der Waals surface area contributed by atoms with Crippen LogP contribution in [0.2, 0.25) is 0 Å². The SMILES string of the molecule is CCCCCCCC(=O)CCC1CCC[C@@H]1C/C=C\CCCC(=O)O. The number of unbranched alkanes of at least 4 members (excludes halogenated alkanes) is 5. The van der Waals surface area contributed by atoms with Crippen molar-refractivity contribution in [1.82, 2.24) is 0 Å². The molecule has 0 heterocycles. The van der Waals surface area contributed by atoms with Gasteiger partial charge in [0.1, 0.15) is 5.78 Å². The van der Waals surface area contributed by atoms with E-state index in [1.165, 1.54) is 44.9 Å². The number of hydrogen-bond acceptors (Lipinski definition) is 2. The van der Waals surface area contributed by atoms with Crippen LogP contribution in [0.25, 0.3) is 0 Å². The molecule has 1 fully saturated rings. The Morgan fingerprint density at radius 2 is 1.68 bits per heavy atom. The standard InChI is InChI=1S/C22H38O3/c1-2-3-4-5-9-15-21(23)18-17-20-14-11-13-19(20)12-8-6-7-10-16-22(24)25/h6,8,19-20H,2-5,7,9-18H2,1H3,(H,24,25)/b8-6-/t19-,20?/m0/s1. The molecule has 0 spiro atoms. The summed E-state index contributed by atoms with van der Waals surface area (Å²) in [4.78, 5) is 22.5. The van der Waals surface area contributed by atoms with Crippen LogP contribution in [0.5, 0.6) is 0 Å². The smallest absolute Gasteiger partial charge is 0.303 e. The average Bonchev–Trinajstić information content (AvgIpc) is 3.03. The van der Waals surface area contributed by atoms with E-state index in [4.69, 9.17) is 5.11 Å². The first-order chi connectivity index (χ1) is 12.1. The normalized spacial score (nSPS) is 20.4. The van der Waals surface area contributed by atoms with Gasteiger partial charge in [-0.3, -0.25) is 9.59 Å². The summed E-state index contributed by atoms with van der Waals surface area (Å²) in [5.74, 6) is 1.20. The number of hydrogen-bond donors (Lipinski definition) is 1. The van der Waals surface area contributed by atoms with Crippen molar-refractivity contribution in [2.45, 2.75) is 103 Å². The minimum Gasteiger partial charge on any atom is -0.481 e. The second-order valence-electron chi connectivity index (χ2n) is 7.69. The Hall–Kier alpha value is -1.12. The van der Waals surface area contributed by atoms with E-state index >= 15 is 0 Å². The van der Waals surface area contributed by atoms with Gasteiger partial charge in [-0.25, -0.2) is 0 Å². The number of carboxylic acids is 1. The third-order valence-corrected chi connectivity index (χ3v) is 5.54. The molecular formula is C22H38O3. The molecule has 1 unspecified atom stereocenters. The predicted molar refractivity (Wildman–Crippen MR) is 104 cm³/mol. The number of allylic oxidation sites excluding steroid dienone is 2. The lowest BCUT2D eigenvalue weighted by atomic mass is 9.88. The number of ketones is 1. The number of carbonyl (C=O) groups is 2. The minimum atomic E-state index is -0.709. The summed E-state index contributed by atoms with van der Waals surface area (Å²) in [5, 5.41) is 8.62. The average molecular weight is 351 g/mol. The van der Waals surface area contributed by atoms with Crippen molar-refractivity contribution in [3.8, 4) is 0 Å². The van der Waals surface area contributed by atoms with Crippen molar-refractivity contribution in [2.75, 3.05) is 0 Å². The molecule has 1 N–H and O–H groups in total. The first kappa shape index (κ1) is 21.9. The van der Waals surface area contributed by atoms with E-state index in [2.05, 4.69) is 19.1 Å². The first-order valence-corrected chi connectivity index (χ1v) is 10.5. The highest BCUT2D eigenvalue weighted by Gasteiger charge is 2.26. The highest BCUT2D eigenvalue weighted by molar-refractivity contribution is 5.78. The molecule has 1 rings (SSSR count). The Morgan fingerprint density at radius 1 is 0.920 bits per heavy atom. The Balaban J connectivity index is 2.12. The van der Waals surface area contributed by atoms with Gasteiger partial charge < -0.3 is 5.11 Å². The van der Waals surface area contributed by atoms with E-state index in [1.807, 2.05) is 0 Å². The van der Waals surface area contributed by atoms with Crippen LogP contribution in [0.4, 0.5) is 0 Å². The van der Waals surface area contributed by atoms with Crippen LogP contribution in [0, 0.1) is 11.8 Å². The molecule has 2 atom stereocenters. The molecule has 0 aromatic carbocycles. The van der Waals surface area contributed by atoms with E-state index in [0.717, 1.165) is 50.9 Å². The van der Waals surface area contributed by atoms with Crippen LogP contribution in [-0.2, 0) is 9.59 Å². The molecule has 0 aliphatic heterocycles. The van der Waals surface area contributed by atoms with Crippen molar-refractivity contribution in [1.29, 1.82) is 0 Å². The maximum Gasteiger partial charge on any atom is 0.303 e. The Labute approximate surface area is 154 Å². The van der Waals surface area contributed by atoms with Gasteiger partial charge >= 0.3 is 5.97 Å². The van der Waals surface area contributed by atoms with Gasteiger partial charge in [0, 0.05) is 19.3 Å². The summed E-state index contributed by atoms with van der Waals surface area (Å²) in [5.41, 5.74) is 0. The number of rotatable bonds is 15. The van der Waals surface area contributed by atoms with Crippen molar-refractivity contribution in [3.05, 3.63) is 12.2 Å². The van der Waals surface area contributed by atoms with E-state index in [0.29, 0.717) is 11.7 Å². The summed E-state index contributed by atoms with van der Waals surface area (Å²) >= 11 is 0. The second-order valence-corrected chi connectivity index (χ2v) is 7.69. The van der Waals surface area contributed by atoms with Crippen molar-refractivity contribution in [2.24, 2.45) is 11.8 Å². The van der Waals surface area contributed by atoms with Gasteiger partial charge in [0.25, 0.3) is 0 Å². The third kappa shape index (κ3) is 11.2. The molecule has 1 aliphatic carbocycles. The summed E-state index contributed by atoms with van der Waals surface area (Å²) in [6.07, 6.45) is 19.9. The molecule has 0 aromatic heterocycles. The maximum absolute atomic E-state index is 12.1. The summed E-state index contributed by atoms with van der Waals surface area (Å²) in [6.45, 7) is 2.22. The molecule has 0 bridgehead atoms. The van der Waals surface area contributed by atoms with E-state index in [9.17, 15) is 9.59 Å². The lowest BCUT2D eigenvalue weighted by molar-refractivity contribution is -0.137. The molecular weight excluding hydrogens is 312 g/mol. The Bertz CT molecular complexity index is 400. The Morgan fingerprint density at radius 3 is 2.44 bits per heavy atom. The van der Waals surface area contributed by atoms with Crippen LogP contribution >= 0.6 is 0 Å². The minimum absolute atomic E-state index is 0.261. The number of aliphatic carboxylic acids is 1. The van der Waals surface area contributed by atoms with Crippen LogP contribution < -0.4 is 0 Å². The Kier molecular flexibility index (Phi) is 12.4. The molecule has 144 valence electrons. The zero-order chi connectivity index (χ0) is 18.3. The first-order valence-electron chi connectivity index (χ1n) is 10.5. The summed E-state index contributed by atoms with van der Waals surface area (Å²) in [7, 11) is 0. The molecule has 0 saturated heterocycles. The topological polar surface area (TPSA) is 54.4 Å². The predicted octanol–water partition coefficient (Wildman–Crippen LogP) is 6.31. The quantitative estimate of drug-likeness (QED) is 0.278. The molecule has 3 heteroatoms. The van der Waals surface area contributed by atoms with E-state index in [1.54, 1.807) is 0 Å². The van der Waals surface area contributed by atoms with Gasteiger partial charge in [-0.15, -0.1) is 0 Å². The number of carbonyl (C=O) groups excluding carboxylic acids is 1. The molecule has 3 nitrogen and oxygen atoms in total. The van der Waals surface area contributed by atoms with Gasteiger partial charge in [0.2, 0.25) is 0 Å². The second kappa shape index (κ2) is 14.1. The number of Topliss-reactive ketones (excluding diaryl/α,β-unsaturated/α-hetero) is 1. The summed E-state index contributed by atoms with van der Waals surface area (Å²) in [6, 6.07) is 0. The van der Waals surface area contributed by atoms with E-state index in [-0.39, 0.29) is 6.42 Å². The molecule has 1 aliphatic rings. The lowest BCUT2D eigenvalue weighted by Crippen LogP contribution is -2.10. The van der Waals surface area contributed by atoms with Crippen LogP contribution in [0.15, 0.2) is 12.2 Å². The van der Waals surface area contributed by atoms with Crippen LogP contribution in [0.3, 0.4) is 0 Å². The maximum atomic E-state index is 12.1. The molecule has 25 heavy (non-hydrogen) atoms. The highest BCUT2D eigenvalue weighted by atomic mass is 16.4. The molecule has 0 radical (unpaired) electrons. The van der Waals surface area contributed by atoms with Gasteiger partial charge in [-0.05, 0) is 50.4 Å². The highest BCUT2D eigenvalue weighted by Crippen LogP contribution is 2.37. The largest absolute Gasteiger partial charge is 0.481 e. The fraction of sp³-hybridized carbons (Fsp3) is 0.818. The zero-order valence-corrected chi connectivity index (χ0v) is 16.2. The molecule has 0 aromatic rings. The fourth-order valence-electron chi connectivity index (χ4n) is 3.96. The van der Waals surface area contributed by atoms with Crippen LogP contribution in [-0.4, -0.2) is 16.9 Å². The van der Waals surface area contributed by atoms with Gasteiger partial charge in [-0.2, -0.15) is 0 Å². The van der Waals surface area contributed by atoms with Gasteiger partial charge in [0.05, 0.1) is 0 Å². The van der Waals surface area contributed by atoms with Crippen molar-refractivity contribution >= 4 is 11.8 Å². The number of carboxylic acid groups (broad SMARTS) is 1. The zero-order valence-electron chi connectivity index (χ0n) is 16.2. The molecule has 1 saturated carbocycles. The van der Waals surface area contributed by atoms with Crippen molar-refractivity contribution in [3.63, 3.8) is 0 Å². The fourth-order valence-corrected chi connectivity index (χ4v) is 3.96. The summed E-state index contributed by atoms with van der Waals surface area (Å²) < 4.78 is 0. The van der Waals surface area contributed by atoms with Gasteiger partial charge in [0.15, 0.2) is 0 Å². The van der Waals surface area contributed by atoms with Crippen molar-refractivity contribution < 1.29 is 14.7 Å².